The number of thiophene rings is 1. The van der Waals surface area contributed by atoms with Crippen LogP contribution in [-0.4, -0.2) is 135 Å². The lowest BCUT2D eigenvalue weighted by Gasteiger charge is -2.38. The zero-order valence-electron chi connectivity index (χ0n) is 39.7. The van der Waals surface area contributed by atoms with E-state index in [1.54, 1.807) is 37.8 Å². The van der Waals surface area contributed by atoms with Crippen LogP contribution in [0.15, 0.2) is 72.8 Å². The van der Waals surface area contributed by atoms with Crippen molar-refractivity contribution in [2.75, 3.05) is 39.4 Å². The Kier molecular flexibility index (Phi) is 15.1. The highest BCUT2D eigenvalue weighted by Gasteiger charge is 2.51. The number of morpholine rings is 1. The van der Waals surface area contributed by atoms with Gasteiger partial charge in [0.1, 0.15) is 30.8 Å². The molecule has 384 valence electrons. The van der Waals surface area contributed by atoms with E-state index in [2.05, 4.69) is 27.8 Å². The van der Waals surface area contributed by atoms with Crippen molar-refractivity contribution in [3.8, 4) is 11.8 Å². The second kappa shape index (κ2) is 21.0. The van der Waals surface area contributed by atoms with Crippen LogP contribution in [0.2, 0.25) is 0 Å². The zero-order chi connectivity index (χ0) is 52.6. The largest absolute Gasteiger partial charge is 0.399 e. The summed E-state index contributed by atoms with van der Waals surface area (Å²) in [5.74, 6) is 0.884. The van der Waals surface area contributed by atoms with Crippen LogP contribution in [-0.2, 0) is 43.7 Å². The maximum Gasteiger partial charge on any atom is 0.399 e. The van der Waals surface area contributed by atoms with E-state index < -0.39 is 108 Å². The molecule has 4 aliphatic heterocycles. The topological polar surface area (TPSA) is 258 Å². The fourth-order valence-electron chi connectivity index (χ4n) is 9.14. The molecule has 1 aromatic heterocycles. The number of ether oxygens (including phenoxy) is 2. The van der Waals surface area contributed by atoms with Crippen LogP contribution < -0.4 is 16.0 Å². The molecule has 0 spiro atoms. The van der Waals surface area contributed by atoms with Gasteiger partial charge in [-0.3, -0.25) is 53.1 Å². The minimum atomic E-state index is -5.87. The number of amides is 8. The number of benzene rings is 3. The van der Waals surface area contributed by atoms with Crippen molar-refractivity contribution < 1.29 is 71.0 Å². The number of alkyl halides is 2. The third-order valence-electron chi connectivity index (χ3n) is 12.9. The number of fused-ring (bicyclic) bond motifs is 2. The molecule has 5 atom stereocenters. The fraction of sp³-hybridized carbons (Fsp3) is 0.400. The van der Waals surface area contributed by atoms with Crippen molar-refractivity contribution in [2.24, 2.45) is 5.41 Å². The second-order valence-corrected chi connectivity index (χ2v) is 21.8. The Balaban J connectivity index is 0.934. The predicted molar refractivity (Wildman–Crippen MR) is 258 cm³/mol. The molecule has 2 unspecified atom stereocenters. The second-order valence-electron chi connectivity index (χ2n) is 19.0. The highest BCUT2D eigenvalue weighted by molar-refractivity contribution is 7.52. The molecular weight excluding hydrogens is 994 g/mol. The summed E-state index contributed by atoms with van der Waals surface area (Å²) in [5, 5.41) is 7.76. The van der Waals surface area contributed by atoms with Crippen LogP contribution >= 0.6 is 18.9 Å². The maximum atomic E-state index is 14.8. The lowest BCUT2D eigenvalue weighted by atomic mass is 9.85. The highest BCUT2D eigenvalue weighted by atomic mass is 32.1. The quantitative estimate of drug-likeness (QED) is 0.0553. The molecule has 4 aromatic rings. The molecule has 0 radical (unpaired) electrons. The first kappa shape index (κ1) is 52.6. The van der Waals surface area contributed by atoms with Crippen molar-refractivity contribution in [1.82, 2.24) is 30.7 Å². The lowest BCUT2D eigenvalue weighted by Crippen LogP contribution is -2.58. The minimum absolute atomic E-state index is 0.00172. The number of carbonyl (C=O) groups excluding carboxylic acids is 8. The van der Waals surface area contributed by atoms with E-state index in [0.29, 0.717) is 4.70 Å². The fourth-order valence-corrected chi connectivity index (χ4v) is 10.6. The van der Waals surface area contributed by atoms with Gasteiger partial charge in [-0.15, -0.1) is 11.3 Å². The van der Waals surface area contributed by atoms with Gasteiger partial charge < -0.3 is 39.7 Å². The van der Waals surface area contributed by atoms with Crippen LogP contribution in [0.3, 0.4) is 0 Å². The van der Waals surface area contributed by atoms with Gasteiger partial charge in [0.05, 0.1) is 35.3 Å². The van der Waals surface area contributed by atoms with Gasteiger partial charge in [-0.1, -0.05) is 75.1 Å². The number of halogens is 2. The summed E-state index contributed by atoms with van der Waals surface area (Å²) in [7, 11) is -5.87. The Bertz CT molecular complexity index is 3020. The van der Waals surface area contributed by atoms with Crippen LogP contribution in [0.4, 0.5) is 8.78 Å². The van der Waals surface area contributed by atoms with E-state index in [1.807, 2.05) is 30.3 Å². The summed E-state index contributed by atoms with van der Waals surface area (Å²) >= 11 is 0.919. The number of rotatable bonds is 13. The lowest BCUT2D eigenvalue weighted by molar-refractivity contribution is -0.150. The van der Waals surface area contributed by atoms with Crippen molar-refractivity contribution >= 4 is 76.3 Å². The van der Waals surface area contributed by atoms with E-state index in [4.69, 9.17) is 9.47 Å². The smallest absolute Gasteiger partial charge is 0.370 e. The Morgan fingerprint density at radius 2 is 1.74 bits per heavy atom. The Morgan fingerprint density at radius 1 is 0.986 bits per heavy atom. The van der Waals surface area contributed by atoms with Crippen molar-refractivity contribution in [1.29, 1.82) is 0 Å². The molecule has 0 bridgehead atoms. The summed E-state index contributed by atoms with van der Waals surface area (Å²) in [4.78, 5) is 130. The Morgan fingerprint density at radius 3 is 2.45 bits per heavy atom. The Labute approximate surface area is 421 Å². The summed E-state index contributed by atoms with van der Waals surface area (Å²) in [6.07, 6.45) is -1.15. The van der Waals surface area contributed by atoms with Gasteiger partial charge in [-0.2, -0.15) is 8.78 Å². The first-order chi connectivity index (χ1) is 34.5. The standard InChI is InChI=1S/C50H51F2N6O13PS/c1-49(2,3)42(55-44(62)38-23-30-22-31(15-17-37(30)73-38)50(51,52)72(67,68)69)48(66)57-25-32(24-35(57)46(64)56-20-21-70-36(26-56)28-10-5-4-6-11-28)71-27-40(60)53-19-8-7-12-29-13-9-14-33-41(29)47(65)58(45(33)63)34-16-18-39(59)54-43(34)61/h4-6,9-11,13-15,17,22-23,32,34-36,42H,8,16,18-21,24-27H2,1-3H3,(H,53,60)(H,55,62)(H,54,59,61)(H2,67,68,69)/t32-,34?,35-,36-,42?/m0/s1. The van der Waals surface area contributed by atoms with E-state index in [0.717, 1.165) is 33.9 Å². The highest BCUT2D eigenvalue weighted by Crippen LogP contribution is 2.59. The third-order valence-corrected chi connectivity index (χ3v) is 15.0. The molecule has 3 aromatic carbocycles. The summed E-state index contributed by atoms with van der Waals surface area (Å²) in [6, 6.07) is 14.7. The predicted octanol–water partition coefficient (Wildman–Crippen LogP) is 3.82. The van der Waals surface area contributed by atoms with Crippen LogP contribution in [0, 0.1) is 17.3 Å². The molecule has 19 nitrogen and oxygen atoms in total. The first-order valence-corrected chi connectivity index (χ1v) is 25.7. The van der Waals surface area contributed by atoms with Gasteiger partial charge in [-0.25, -0.2) is 0 Å². The average Bonchev–Trinajstić information content (AvgIpc) is 4.06. The molecule has 8 rings (SSSR count). The number of imide groups is 2. The number of hydrogen-bond donors (Lipinski definition) is 5. The molecule has 3 saturated heterocycles. The van der Waals surface area contributed by atoms with Crippen molar-refractivity contribution in [3.63, 3.8) is 0 Å². The number of piperidine rings is 1. The molecular formula is C50H51F2N6O13PS. The van der Waals surface area contributed by atoms with E-state index in [9.17, 15) is 61.5 Å². The molecule has 0 saturated carbocycles. The normalized spacial score (nSPS) is 20.8. The minimum Gasteiger partial charge on any atom is -0.370 e. The van der Waals surface area contributed by atoms with Crippen molar-refractivity contribution in [2.45, 2.75) is 82.5 Å². The number of nitrogens with one attached hydrogen (secondary N) is 3. The SMILES string of the molecule is CC(C)(C)C(NC(=O)c1cc2cc(C(F)(F)P(=O)(O)O)ccc2s1)C(=O)N1C[C@@H](OCC(=O)NCCC#Cc2cccc3c2C(=O)N(C2CCC(=O)NC2=O)C3=O)C[C@H]1C(=O)N1CCO[C@H](c2ccccc2)C1. The van der Waals surface area contributed by atoms with Gasteiger partial charge in [-0.05, 0) is 53.1 Å². The number of hydrogen-bond acceptors (Lipinski definition) is 12. The molecule has 0 aliphatic carbocycles. The van der Waals surface area contributed by atoms with E-state index in [1.165, 1.54) is 23.1 Å². The number of likely N-dealkylation sites (tertiary alicyclic amines) is 1. The van der Waals surface area contributed by atoms with Gasteiger partial charge in [0.25, 0.3) is 17.7 Å². The first-order valence-electron chi connectivity index (χ1n) is 23.3. The summed E-state index contributed by atoms with van der Waals surface area (Å²) in [6.45, 7) is 5.24. The maximum absolute atomic E-state index is 14.8. The molecule has 73 heavy (non-hydrogen) atoms. The van der Waals surface area contributed by atoms with Gasteiger partial charge >= 0.3 is 13.3 Å². The zero-order valence-corrected chi connectivity index (χ0v) is 41.4. The molecule has 3 fully saturated rings. The molecule has 5 N–H and O–H groups in total. The molecule has 5 heterocycles. The molecule has 8 amide bonds. The van der Waals surface area contributed by atoms with E-state index in [-0.39, 0.29) is 85.4 Å². The number of nitrogens with zero attached hydrogens (tertiary/aromatic N) is 3. The molecule has 23 heteroatoms. The Hall–Kier alpha value is -6.73. The van der Waals surface area contributed by atoms with Gasteiger partial charge in [0.15, 0.2) is 0 Å². The third kappa shape index (κ3) is 11.1. The van der Waals surface area contributed by atoms with E-state index >= 15 is 0 Å². The van der Waals surface area contributed by atoms with Crippen molar-refractivity contribution in [3.05, 3.63) is 105 Å². The van der Waals surface area contributed by atoms with Crippen LogP contribution in [0.5, 0.6) is 0 Å². The van der Waals surface area contributed by atoms with Crippen LogP contribution in [0.25, 0.3) is 10.1 Å². The van der Waals surface area contributed by atoms with Gasteiger partial charge in [0.2, 0.25) is 29.5 Å². The molecule has 4 aliphatic rings. The average molecular weight is 1050 g/mol. The summed E-state index contributed by atoms with van der Waals surface area (Å²) in [5.41, 5.74) is -5.15. The van der Waals surface area contributed by atoms with Crippen LogP contribution in [0.1, 0.15) is 99.6 Å². The number of carbonyl (C=O) groups is 8. The van der Waals surface area contributed by atoms with Gasteiger partial charge in [0, 0.05) is 54.7 Å². The monoisotopic (exact) mass is 1040 g/mol. The summed E-state index contributed by atoms with van der Waals surface area (Å²) < 4.78 is 53.1.